The molecule has 2 unspecified atom stereocenters. The van der Waals surface area contributed by atoms with Gasteiger partial charge < -0.3 is 19.7 Å². The third-order valence-corrected chi connectivity index (χ3v) is 6.72. The molecule has 198 valence electrons. The number of nitrogens with zero attached hydrogens (tertiary/aromatic N) is 1. The van der Waals surface area contributed by atoms with Gasteiger partial charge in [0, 0.05) is 34.6 Å². The van der Waals surface area contributed by atoms with Crippen molar-refractivity contribution < 1.29 is 19.1 Å². The molecule has 2 aromatic rings. The molecule has 2 atom stereocenters. The van der Waals surface area contributed by atoms with Crippen LogP contribution in [0.3, 0.4) is 0 Å². The standard InChI is InChI=1S/C28H38Cl2N2O4/c1-6-19(5)31-28(34)24(7-2)32(18-21-22(29)11-10-12-23(21)30)27(33)16-14-20-13-15-25(35-8-3)26(17-20)36-9-4/h10-13,15,17,19,24H,6-9,14,16,18H2,1-5H3,(H,31,34). The van der Waals surface area contributed by atoms with Crippen LogP contribution in [-0.2, 0) is 22.6 Å². The number of carbonyl (C=O) groups excluding carboxylic acids is 2. The summed E-state index contributed by atoms with van der Waals surface area (Å²) >= 11 is 12.8. The average Bonchev–Trinajstić information content (AvgIpc) is 2.85. The van der Waals surface area contributed by atoms with Crippen LogP contribution >= 0.6 is 23.2 Å². The Labute approximate surface area is 225 Å². The number of benzene rings is 2. The van der Waals surface area contributed by atoms with Crippen molar-refractivity contribution in [1.29, 1.82) is 0 Å². The lowest BCUT2D eigenvalue weighted by Gasteiger charge is -2.32. The van der Waals surface area contributed by atoms with Gasteiger partial charge in [-0.2, -0.15) is 0 Å². The molecule has 0 spiro atoms. The lowest BCUT2D eigenvalue weighted by Crippen LogP contribution is -2.50. The number of ether oxygens (including phenoxy) is 2. The Balaban J connectivity index is 2.30. The quantitative estimate of drug-likeness (QED) is 0.301. The maximum absolute atomic E-state index is 13.6. The first-order chi connectivity index (χ1) is 17.2. The number of nitrogens with one attached hydrogen (secondary N) is 1. The molecule has 6 nitrogen and oxygen atoms in total. The summed E-state index contributed by atoms with van der Waals surface area (Å²) in [7, 11) is 0. The van der Waals surface area contributed by atoms with Crippen LogP contribution in [0.15, 0.2) is 36.4 Å². The Bertz CT molecular complexity index is 995. The summed E-state index contributed by atoms with van der Waals surface area (Å²) in [5, 5.41) is 3.94. The number of amides is 2. The van der Waals surface area contributed by atoms with Crippen LogP contribution in [0.5, 0.6) is 11.5 Å². The Morgan fingerprint density at radius 1 is 0.944 bits per heavy atom. The van der Waals surface area contributed by atoms with Crippen LogP contribution in [0.1, 0.15) is 65.0 Å². The summed E-state index contributed by atoms with van der Waals surface area (Å²) in [5.74, 6) is 1.01. The highest BCUT2D eigenvalue weighted by atomic mass is 35.5. The number of hydrogen-bond donors (Lipinski definition) is 1. The molecule has 8 heteroatoms. The molecule has 0 radical (unpaired) electrons. The molecule has 0 fully saturated rings. The largest absolute Gasteiger partial charge is 0.490 e. The van der Waals surface area contributed by atoms with Crippen LogP contribution in [0.2, 0.25) is 10.0 Å². The van der Waals surface area contributed by atoms with Crippen molar-refractivity contribution in [2.24, 2.45) is 0 Å². The van der Waals surface area contributed by atoms with Crippen LogP contribution in [0, 0.1) is 0 Å². The number of hydrogen-bond acceptors (Lipinski definition) is 4. The smallest absolute Gasteiger partial charge is 0.243 e. The van der Waals surface area contributed by atoms with E-state index in [9.17, 15) is 9.59 Å². The highest BCUT2D eigenvalue weighted by Gasteiger charge is 2.30. The molecule has 0 aliphatic heterocycles. The molecular weight excluding hydrogens is 499 g/mol. The maximum Gasteiger partial charge on any atom is 0.243 e. The van der Waals surface area contributed by atoms with Crippen molar-refractivity contribution in [3.63, 3.8) is 0 Å². The van der Waals surface area contributed by atoms with E-state index in [1.807, 2.05) is 52.8 Å². The molecule has 0 bridgehead atoms. The summed E-state index contributed by atoms with van der Waals surface area (Å²) in [6, 6.07) is 10.3. The first-order valence-corrected chi connectivity index (χ1v) is 13.4. The van der Waals surface area contributed by atoms with E-state index in [1.165, 1.54) is 0 Å². The zero-order valence-corrected chi connectivity index (χ0v) is 23.4. The molecule has 0 aromatic heterocycles. The van der Waals surface area contributed by atoms with Crippen LogP contribution < -0.4 is 14.8 Å². The minimum atomic E-state index is -0.641. The van der Waals surface area contributed by atoms with E-state index < -0.39 is 6.04 Å². The van der Waals surface area contributed by atoms with Gasteiger partial charge in [0.2, 0.25) is 11.8 Å². The summed E-state index contributed by atoms with van der Waals surface area (Å²) in [4.78, 5) is 28.3. The normalized spacial score (nSPS) is 12.5. The highest BCUT2D eigenvalue weighted by Crippen LogP contribution is 2.30. The fourth-order valence-corrected chi connectivity index (χ4v) is 4.38. The second-order valence-electron chi connectivity index (χ2n) is 8.61. The van der Waals surface area contributed by atoms with E-state index in [0.717, 1.165) is 12.0 Å². The third-order valence-electron chi connectivity index (χ3n) is 6.01. The van der Waals surface area contributed by atoms with Gasteiger partial charge in [0.15, 0.2) is 11.5 Å². The fraction of sp³-hybridized carbons (Fsp3) is 0.500. The van der Waals surface area contributed by atoms with E-state index >= 15 is 0 Å². The van der Waals surface area contributed by atoms with E-state index in [0.29, 0.717) is 53.2 Å². The van der Waals surface area contributed by atoms with Gasteiger partial charge in [0.25, 0.3) is 0 Å². The molecule has 2 aromatic carbocycles. The Kier molecular flexibility index (Phi) is 12.4. The molecule has 1 N–H and O–H groups in total. The molecule has 2 rings (SSSR count). The minimum Gasteiger partial charge on any atom is -0.490 e. The minimum absolute atomic E-state index is 0.00763. The average molecular weight is 538 g/mol. The second-order valence-corrected chi connectivity index (χ2v) is 9.43. The van der Waals surface area contributed by atoms with Crippen molar-refractivity contribution >= 4 is 35.0 Å². The monoisotopic (exact) mass is 536 g/mol. The van der Waals surface area contributed by atoms with E-state index in [-0.39, 0.29) is 30.8 Å². The summed E-state index contributed by atoms with van der Waals surface area (Å²) in [6.45, 7) is 10.9. The zero-order chi connectivity index (χ0) is 26.7. The van der Waals surface area contributed by atoms with Gasteiger partial charge in [-0.3, -0.25) is 9.59 Å². The molecule has 0 aliphatic carbocycles. The predicted octanol–water partition coefficient (Wildman–Crippen LogP) is 6.45. The Morgan fingerprint density at radius 2 is 1.58 bits per heavy atom. The van der Waals surface area contributed by atoms with Gasteiger partial charge in [0.1, 0.15) is 6.04 Å². The highest BCUT2D eigenvalue weighted by molar-refractivity contribution is 6.36. The number of halogens is 2. The fourth-order valence-electron chi connectivity index (χ4n) is 3.86. The molecule has 0 saturated heterocycles. The van der Waals surface area contributed by atoms with Gasteiger partial charge in [-0.15, -0.1) is 0 Å². The van der Waals surface area contributed by atoms with E-state index in [2.05, 4.69) is 5.32 Å². The van der Waals surface area contributed by atoms with Crippen LogP contribution in [-0.4, -0.2) is 42.0 Å². The Morgan fingerprint density at radius 3 is 2.17 bits per heavy atom. The van der Waals surface area contributed by atoms with Gasteiger partial charge in [-0.1, -0.05) is 49.2 Å². The predicted molar refractivity (Wildman–Crippen MR) is 146 cm³/mol. The van der Waals surface area contributed by atoms with Crippen LogP contribution in [0.25, 0.3) is 0 Å². The molecule has 0 heterocycles. The SMILES string of the molecule is CCOc1ccc(CCC(=O)N(Cc2c(Cl)cccc2Cl)C(CC)C(=O)NC(C)CC)cc1OCC. The first kappa shape index (κ1) is 29.8. The molecule has 2 amide bonds. The first-order valence-electron chi connectivity index (χ1n) is 12.7. The zero-order valence-electron chi connectivity index (χ0n) is 21.9. The van der Waals surface area contributed by atoms with Crippen molar-refractivity contribution in [2.45, 2.75) is 78.9 Å². The van der Waals surface area contributed by atoms with Crippen molar-refractivity contribution in [1.82, 2.24) is 10.2 Å². The van der Waals surface area contributed by atoms with Crippen molar-refractivity contribution in [2.75, 3.05) is 13.2 Å². The number of aryl methyl sites for hydroxylation is 1. The molecule has 0 saturated carbocycles. The molecular formula is C28H38Cl2N2O4. The van der Waals surface area contributed by atoms with E-state index in [4.69, 9.17) is 32.7 Å². The summed E-state index contributed by atoms with van der Waals surface area (Å²) in [5.41, 5.74) is 1.58. The van der Waals surface area contributed by atoms with Gasteiger partial charge >= 0.3 is 0 Å². The van der Waals surface area contributed by atoms with Crippen LogP contribution in [0.4, 0.5) is 0 Å². The van der Waals surface area contributed by atoms with Gasteiger partial charge in [-0.25, -0.2) is 0 Å². The lowest BCUT2D eigenvalue weighted by molar-refractivity contribution is -0.141. The third kappa shape index (κ3) is 8.31. The topological polar surface area (TPSA) is 67.9 Å². The maximum atomic E-state index is 13.6. The van der Waals surface area contributed by atoms with E-state index in [1.54, 1.807) is 23.1 Å². The Hall–Kier alpha value is -2.44. The molecule has 0 aliphatic rings. The summed E-state index contributed by atoms with van der Waals surface area (Å²) in [6.07, 6.45) is 1.97. The van der Waals surface area contributed by atoms with Gasteiger partial charge in [-0.05, 0) is 69.9 Å². The second kappa shape index (κ2) is 15.0. The van der Waals surface area contributed by atoms with Crippen molar-refractivity contribution in [3.05, 3.63) is 57.6 Å². The molecule has 36 heavy (non-hydrogen) atoms. The summed E-state index contributed by atoms with van der Waals surface area (Å²) < 4.78 is 11.4. The number of rotatable bonds is 14. The van der Waals surface area contributed by atoms with Crippen molar-refractivity contribution in [3.8, 4) is 11.5 Å². The van der Waals surface area contributed by atoms with Gasteiger partial charge in [0.05, 0.1) is 13.2 Å². The lowest BCUT2D eigenvalue weighted by atomic mass is 10.0. The number of carbonyl (C=O) groups is 2.